The van der Waals surface area contributed by atoms with E-state index in [4.69, 9.17) is 28.9 Å². The summed E-state index contributed by atoms with van der Waals surface area (Å²) in [4.78, 5) is 44.0. The van der Waals surface area contributed by atoms with Gasteiger partial charge in [0.2, 0.25) is 5.91 Å². The van der Waals surface area contributed by atoms with E-state index in [-0.39, 0.29) is 36.0 Å². The molecule has 2 aliphatic rings. The minimum Gasteiger partial charge on any atom is -0.480 e. The van der Waals surface area contributed by atoms with Crippen LogP contribution in [0.4, 0.5) is 20.4 Å². The summed E-state index contributed by atoms with van der Waals surface area (Å²) in [6.07, 6.45) is 5.52. The van der Waals surface area contributed by atoms with Gasteiger partial charge in [0, 0.05) is 59.5 Å². The monoisotopic (exact) mass is 941 g/mol. The summed E-state index contributed by atoms with van der Waals surface area (Å²) < 4.78 is 33.1. The Bertz CT molecular complexity index is 2790. The first-order valence-electron chi connectivity index (χ1n) is 19.6. The number of benzene rings is 4. The highest BCUT2D eigenvalue weighted by molar-refractivity contribution is 7.17. The Hall–Kier alpha value is -5.77. The van der Waals surface area contributed by atoms with Gasteiger partial charge in [-0.25, -0.2) is 33.5 Å². The fourth-order valence-corrected chi connectivity index (χ4v) is 9.71. The van der Waals surface area contributed by atoms with Crippen molar-refractivity contribution in [2.24, 2.45) is 5.73 Å². The van der Waals surface area contributed by atoms with Crippen LogP contribution in [0.3, 0.4) is 0 Å². The van der Waals surface area contributed by atoms with Gasteiger partial charge >= 0.3 is 5.97 Å². The maximum atomic E-state index is 15.6. The number of amides is 1. The molecule has 0 unspecified atom stereocenters. The van der Waals surface area contributed by atoms with Crippen LogP contribution < -0.4 is 15.5 Å². The second-order valence-corrected chi connectivity index (χ2v) is 17.7. The fourth-order valence-electron chi connectivity index (χ4n) is 7.83. The average molecular weight is 943 g/mol. The molecule has 10 rings (SSSR count). The number of aliphatic carboxylic acids is 1. The van der Waals surface area contributed by atoms with Gasteiger partial charge in [-0.05, 0) is 94.8 Å². The Kier molecular flexibility index (Phi) is 12.9. The van der Waals surface area contributed by atoms with E-state index in [0.717, 1.165) is 33.5 Å². The number of primary amides is 1. The van der Waals surface area contributed by atoms with Crippen molar-refractivity contribution in [3.8, 4) is 22.3 Å². The predicted octanol–water partition coefficient (Wildman–Crippen LogP) is 10.6. The molecule has 2 saturated heterocycles. The summed E-state index contributed by atoms with van der Waals surface area (Å²) in [5.41, 5.74) is 15.3. The number of hydrogen-bond acceptors (Lipinski definition) is 10. The summed E-state index contributed by atoms with van der Waals surface area (Å²) in [7, 11) is 0. The molecule has 0 saturated carbocycles. The zero-order chi connectivity index (χ0) is 43.1. The minimum absolute atomic E-state index is 0. The van der Waals surface area contributed by atoms with E-state index >= 15 is 8.78 Å². The van der Waals surface area contributed by atoms with Crippen molar-refractivity contribution in [2.75, 3.05) is 22.9 Å². The van der Waals surface area contributed by atoms with E-state index in [1.807, 2.05) is 47.4 Å². The highest BCUT2D eigenvalue weighted by atomic mass is 35.5. The lowest BCUT2D eigenvalue weighted by Crippen LogP contribution is -2.55. The molecule has 6 heterocycles. The van der Waals surface area contributed by atoms with E-state index in [1.165, 1.54) is 22.7 Å². The number of anilines is 2. The SMILES string of the molecule is Cl.NC(=O)[C@@H]1CCN1c1ccc(Cc2cc3scnc3c(-c3cccc(Cl)c3)c2F)cn1.O=C(O)[C@@H]1CCN1c1ccc(Cc2cc3scnc3c(-c3cccc(Cl)c3)c2F)cn1. The molecule has 2 aliphatic heterocycles. The van der Waals surface area contributed by atoms with Crippen molar-refractivity contribution in [3.63, 3.8) is 0 Å². The third kappa shape index (κ3) is 8.91. The van der Waals surface area contributed by atoms with Crippen LogP contribution in [0.1, 0.15) is 35.1 Å². The number of aromatic nitrogens is 4. The zero-order valence-electron chi connectivity index (χ0n) is 33.1. The van der Waals surface area contributed by atoms with Gasteiger partial charge in [-0.2, -0.15) is 0 Å². The Morgan fingerprint density at radius 2 is 1.14 bits per heavy atom. The molecule has 10 nitrogen and oxygen atoms in total. The highest BCUT2D eigenvalue weighted by Crippen LogP contribution is 2.38. The van der Waals surface area contributed by atoms with Crippen molar-refractivity contribution < 1.29 is 23.5 Å². The van der Waals surface area contributed by atoms with Crippen molar-refractivity contribution >= 4 is 102 Å². The Balaban J connectivity index is 0.000000170. The second-order valence-electron chi connectivity index (χ2n) is 15.0. The maximum absolute atomic E-state index is 15.6. The molecule has 2 atom stereocenters. The topological polar surface area (TPSA) is 138 Å². The quantitative estimate of drug-likeness (QED) is 0.137. The van der Waals surface area contributed by atoms with E-state index < -0.39 is 12.0 Å². The van der Waals surface area contributed by atoms with Crippen LogP contribution in [0.2, 0.25) is 10.0 Å². The number of rotatable bonds is 10. The molecule has 3 N–H and O–H groups in total. The Morgan fingerprint density at radius 1 is 0.683 bits per heavy atom. The van der Waals surface area contributed by atoms with Gasteiger partial charge in [-0.3, -0.25) is 4.79 Å². The molecule has 0 spiro atoms. The lowest BCUT2D eigenvalue weighted by atomic mass is 9.97. The first kappa shape index (κ1) is 43.9. The molecule has 8 aromatic rings. The third-order valence-corrected chi connectivity index (χ3v) is 13.2. The molecule has 320 valence electrons. The number of carboxylic acid groups (broad SMARTS) is 1. The molecule has 0 radical (unpaired) electrons. The molecule has 4 aromatic carbocycles. The number of fused-ring (bicyclic) bond motifs is 2. The summed E-state index contributed by atoms with van der Waals surface area (Å²) in [6.45, 7) is 1.42. The summed E-state index contributed by atoms with van der Waals surface area (Å²) in [5.74, 6) is -0.479. The van der Waals surface area contributed by atoms with E-state index in [2.05, 4.69) is 19.9 Å². The lowest BCUT2D eigenvalue weighted by molar-refractivity contribution is -0.140. The number of halogens is 5. The number of nitrogens with zero attached hydrogens (tertiary/aromatic N) is 6. The van der Waals surface area contributed by atoms with Gasteiger partial charge in [0.25, 0.3) is 0 Å². The van der Waals surface area contributed by atoms with E-state index in [1.54, 1.807) is 70.8 Å². The largest absolute Gasteiger partial charge is 0.480 e. The summed E-state index contributed by atoms with van der Waals surface area (Å²) >= 11 is 15.2. The smallest absolute Gasteiger partial charge is 0.326 e. The molecular formula is C46H36Cl3F2N7O3S2. The van der Waals surface area contributed by atoms with Gasteiger partial charge in [0.15, 0.2) is 0 Å². The lowest BCUT2D eigenvalue weighted by Gasteiger charge is -2.39. The molecule has 17 heteroatoms. The third-order valence-electron chi connectivity index (χ3n) is 11.2. The first-order valence-corrected chi connectivity index (χ1v) is 22.1. The van der Waals surface area contributed by atoms with Crippen LogP contribution in [0.5, 0.6) is 0 Å². The van der Waals surface area contributed by atoms with Gasteiger partial charge in [0.1, 0.15) is 35.4 Å². The number of carbonyl (C=O) groups excluding carboxylic acids is 1. The van der Waals surface area contributed by atoms with Crippen LogP contribution in [0, 0.1) is 11.6 Å². The number of carboxylic acids is 1. The Morgan fingerprint density at radius 3 is 1.51 bits per heavy atom. The summed E-state index contributed by atoms with van der Waals surface area (Å²) in [5, 5.41) is 10.3. The highest BCUT2D eigenvalue weighted by Gasteiger charge is 2.35. The summed E-state index contributed by atoms with van der Waals surface area (Å²) in [6, 6.07) is 24.6. The van der Waals surface area contributed by atoms with E-state index in [9.17, 15) is 14.7 Å². The Labute approximate surface area is 384 Å². The number of pyridine rings is 2. The number of carbonyl (C=O) groups is 2. The van der Waals surface area contributed by atoms with Crippen LogP contribution in [0.25, 0.3) is 42.7 Å². The van der Waals surface area contributed by atoms with Crippen LogP contribution in [0.15, 0.2) is 108 Å². The normalized spacial score (nSPS) is 15.6. The molecule has 0 aliphatic carbocycles. The standard InChI is InChI=1S/C23H18ClFN4OS.C23H17ClFN3O2S.ClH/c24-16-3-1-2-14(9-16)20-21(25)15(10-18-22(20)28-12-31-18)8-13-4-5-19(27-11-13)29-7-6-17(29)23(26)30;24-16-3-1-2-14(9-16)20-21(25)15(10-18-22(20)27-12-31-18)8-13-4-5-19(26-11-13)28-7-6-17(28)23(29)30;/h1-5,9-12,17H,6-8H2,(H2,26,30);1-5,9-12,17H,6-8H2,(H,29,30);1H/t2*17-;/m00./s1. The van der Waals surface area contributed by atoms with Crippen LogP contribution in [-0.4, -0.2) is 62.1 Å². The van der Waals surface area contributed by atoms with Crippen molar-refractivity contribution in [3.05, 3.63) is 152 Å². The van der Waals surface area contributed by atoms with Crippen LogP contribution >= 0.6 is 58.3 Å². The molecule has 2 fully saturated rings. The molecule has 0 bridgehead atoms. The molecule has 4 aromatic heterocycles. The van der Waals surface area contributed by atoms with Crippen molar-refractivity contribution in [1.29, 1.82) is 0 Å². The second kappa shape index (κ2) is 18.5. The predicted molar refractivity (Wildman–Crippen MR) is 250 cm³/mol. The molecule has 63 heavy (non-hydrogen) atoms. The zero-order valence-corrected chi connectivity index (χ0v) is 37.0. The average Bonchev–Trinajstić information content (AvgIpc) is 3.88. The fraction of sp³-hybridized carbons (Fsp3) is 0.174. The first-order chi connectivity index (χ1) is 30.0. The maximum Gasteiger partial charge on any atom is 0.326 e. The minimum atomic E-state index is -0.842. The van der Waals surface area contributed by atoms with Gasteiger partial charge in [0.05, 0.1) is 31.5 Å². The van der Waals surface area contributed by atoms with Crippen LogP contribution in [-0.2, 0) is 22.4 Å². The number of hydrogen-bond donors (Lipinski definition) is 2. The van der Waals surface area contributed by atoms with Gasteiger partial charge in [-0.1, -0.05) is 59.6 Å². The van der Waals surface area contributed by atoms with Crippen molar-refractivity contribution in [2.45, 2.75) is 37.8 Å². The molecule has 1 amide bonds. The number of nitrogens with two attached hydrogens (primary N) is 1. The molecular weight excluding hydrogens is 907 g/mol. The van der Waals surface area contributed by atoms with E-state index in [0.29, 0.717) is 91.9 Å². The van der Waals surface area contributed by atoms with Gasteiger partial charge < -0.3 is 20.6 Å². The van der Waals surface area contributed by atoms with Crippen molar-refractivity contribution in [1.82, 2.24) is 19.9 Å². The van der Waals surface area contributed by atoms with Gasteiger partial charge in [-0.15, -0.1) is 35.1 Å². The number of thiazole rings is 2.